The summed E-state index contributed by atoms with van der Waals surface area (Å²) in [5, 5.41) is 7.14. The number of aromatic nitrogens is 2. The summed E-state index contributed by atoms with van der Waals surface area (Å²) in [6.45, 7) is 0.531. The van der Waals surface area contributed by atoms with Crippen LogP contribution >= 0.6 is 0 Å². The lowest BCUT2D eigenvalue weighted by atomic mass is 10.1. The summed E-state index contributed by atoms with van der Waals surface area (Å²) in [6, 6.07) is 13.8. The molecule has 4 nitrogen and oxygen atoms in total. The molecule has 134 valence electrons. The third-order valence-corrected chi connectivity index (χ3v) is 4.11. The summed E-state index contributed by atoms with van der Waals surface area (Å²) >= 11 is 0. The first-order valence-electron chi connectivity index (χ1n) is 8.34. The fourth-order valence-electron chi connectivity index (χ4n) is 2.74. The summed E-state index contributed by atoms with van der Waals surface area (Å²) < 4.78 is 26.5. The Bertz CT molecular complexity index is 907. The van der Waals surface area contributed by atoms with Crippen LogP contribution in [0.15, 0.2) is 54.6 Å². The van der Waals surface area contributed by atoms with E-state index in [2.05, 4.69) is 10.2 Å². The van der Waals surface area contributed by atoms with E-state index in [4.69, 9.17) is 0 Å². The molecule has 1 N–H and O–H groups in total. The van der Waals surface area contributed by atoms with Crippen LogP contribution in [0.3, 0.4) is 0 Å². The minimum atomic E-state index is -0.424. The van der Waals surface area contributed by atoms with Gasteiger partial charge in [0.1, 0.15) is 11.6 Å². The number of H-pyrrole nitrogens is 1. The molecule has 0 aliphatic rings. The number of halogens is 2. The average molecular weight is 355 g/mol. The number of nitrogens with one attached hydrogen (secondary N) is 1. The van der Waals surface area contributed by atoms with Gasteiger partial charge in [-0.15, -0.1) is 0 Å². The molecule has 0 aliphatic heterocycles. The van der Waals surface area contributed by atoms with Gasteiger partial charge in [0.15, 0.2) is 0 Å². The zero-order chi connectivity index (χ0) is 18.5. The number of rotatable bonds is 6. The predicted molar refractivity (Wildman–Crippen MR) is 95.7 cm³/mol. The molecule has 0 spiro atoms. The lowest BCUT2D eigenvalue weighted by Gasteiger charge is -2.16. The topological polar surface area (TPSA) is 49.0 Å². The Hall–Kier alpha value is -3.02. The van der Waals surface area contributed by atoms with E-state index in [-0.39, 0.29) is 11.7 Å². The van der Waals surface area contributed by atoms with Crippen molar-refractivity contribution in [2.45, 2.75) is 12.8 Å². The van der Waals surface area contributed by atoms with Gasteiger partial charge in [0.2, 0.25) is 0 Å². The SMILES string of the molecule is CN(CCCc1cc(-c2cccc(F)c2)n[nH]1)C(=O)c1cccc(F)c1. The molecule has 3 rings (SSSR count). The van der Waals surface area contributed by atoms with Gasteiger partial charge < -0.3 is 4.90 Å². The van der Waals surface area contributed by atoms with Crippen molar-refractivity contribution in [3.05, 3.63) is 77.5 Å². The molecule has 0 radical (unpaired) electrons. The molecule has 0 saturated heterocycles. The highest BCUT2D eigenvalue weighted by Gasteiger charge is 2.12. The first-order chi connectivity index (χ1) is 12.5. The monoisotopic (exact) mass is 355 g/mol. The zero-order valence-corrected chi connectivity index (χ0v) is 14.4. The van der Waals surface area contributed by atoms with Gasteiger partial charge in [-0.05, 0) is 49.2 Å². The molecule has 1 heterocycles. The van der Waals surface area contributed by atoms with Crippen molar-refractivity contribution >= 4 is 5.91 Å². The normalized spacial score (nSPS) is 10.7. The van der Waals surface area contributed by atoms with Gasteiger partial charge in [-0.1, -0.05) is 18.2 Å². The number of hydrogen-bond acceptors (Lipinski definition) is 2. The van der Waals surface area contributed by atoms with Gasteiger partial charge in [-0.25, -0.2) is 8.78 Å². The molecule has 0 unspecified atom stereocenters. The van der Waals surface area contributed by atoms with Gasteiger partial charge in [-0.2, -0.15) is 5.10 Å². The van der Waals surface area contributed by atoms with Crippen molar-refractivity contribution in [1.82, 2.24) is 15.1 Å². The summed E-state index contributed by atoms with van der Waals surface area (Å²) in [5.74, 6) is -0.939. The van der Waals surface area contributed by atoms with E-state index >= 15 is 0 Å². The molecule has 2 aromatic carbocycles. The van der Waals surface area contributed by atoms with Crippen LogP contribution < -0.4 is 0 Å². The van der Waals surface area contributed by atoms with Gasteiger partial charge in [0.25, 0.3) is 5.91 Å². The van der Waals surface area contributed by atoms with Crippen LogP contribution in [-0.4, -0.2) is 34.6 Å². The number of amides is 1. The number of nitrogens with zero attached hydrogens (tertiary/aromatic N) is 2. The Morgan fingerprint density at radius 2 is 1.81 bits per heavy atom. The maximum Gasteiger partial charge on any atom is 0.253 e. The first kappa shape index (κ1) is 17.8. The second kappa shape index (κ2) is 7.91. The van der Waals surface area contributed by atoms with Gasteiger partial charge in [-0.3, -0.25) is 9.89 Å². The number of aryl methyl sites for hydroxylation is 1. The van der Waals surface area contributed by atoms with Gasteiger partial charge >= 0.3 is 0 Å². The summed E-state index contributed by atoms with van der Waals surface area (Å²) in [7, 11) is 1.69. The Morgan fingerprint density at radius 3 is 2.54 bits per heavy atom. The number of hydrogen-bond donors (Lipinski definition) is 1. The summed E-state index contributed by atoms with van der Waals surface area (Å²) in [4.78, 5) is 13.8. The highest BCUT2D eigenvalue weighted by Crippen LogP contribution is 2.19. The highest BCUT2D eigenvalue weighted by atomic mass is 19.1. The fraction of sp³-hybridized carbons (Fsp3) is 0.200. The van der Waals surface area contributed by atoms with Crippen LogP contribution in [0.4, 0.5) is 8.78 Å². The molecule has 26 heavy (non-hydrogen) atoms. The fourth-order valence-corrected chi connectivity index (χ4v) is 2.74. The smallest absolute Gasteiger partial charge is 0.253 e. The second-order valence-corrected chi connectivity index (χ2v) is 6.13. The molecule has 0 fully saturated rings. The Morgan fingerprint density at radius 1 is 1.08 bits per heavy atom. The lowest BCUT2D eigenvalue weighted by Crippen LogP contribution is -2.28. The molecular weight excluding hydrogens is 336 g/mol. The number of carbonyl (C=O) groups is 1. The first-order valence-corrected chi connectivity index (χ1v) is 8.34. The molecule has 1 aromatic heterocycles. The lowest BCUT2D eigenvalue weighted by molar-refractivity contribution is 0.0793. The van der Waals surface area contributed by atoms with E-state index in [9.17, 15) is 13.6 Å². The number of benzene rings is 2. The molecule has 3 aromatic rings. The molecule has 1 amide bonds. The van der Waals surface area contributed by atoms with Crippen molar-refractivity contribution < 1.29 is 13.6 Å². The van der Waals surface area contributed by atoms with Gasteiger partial charge in [0.05, 0.1) is 5.69 Å². The van der Waals surface area contributed by atoms with E-state index in [1.807, 2.05) is 6.07 Å². The molecule has 6 heteroatoms. The third-order valence-electron chi connectivity index (χ3n) is 4.11. The average Bonchev–Trinajstić information content (AvgIpc) is 3.10. The Labute approximate surface area is 150 Å². The molecule has 0 aliphatic carbocycles. The van der Waals surface area contributed by atoms with Crippen LogP contribution in [0.5, 0.6) is 0 Å². The Kier molecular flexibility index (Phi) is 5.41. The minimum absolute atomic E-state index is 0.213. The second-order valence-electron chi connectivity index (χ2n) is 6.13. The van der Waals surface area contributed by atoms with E-state index in [1.54, 1.807) is 30.1 Å². The maximum atomic E-state index is 13.3. The standard InChI is InChI=1S/C20H19F2N3O/c1-25(20(26)15-6-3-8-17(22)12-15)10-4-9-18-13-19(24-23-18)14-5-2-7-16(21)11-14/h2-3,5-8,11-13H,4,9-10H2,1H3,(H,23,24). The zero-order valence-electron chi connectivity index (χ0n) is 14.4. The van der Waals surface area contributed by atoms with Crippen molar-refractivity contribution in [3.63, 3.8) is 0 Å². The summed E-state index contributed by atoms with van der Waals surface area (Å²) in [5.41, 5.74) is 2.65. The van der Waals surface area contributed by atoms with Gasteiger partial charge in [0, 0.05) is 30.4 Å². The summed E-state index contributed by atoms with van der Waals surface area (Å²) in [6.07, 6.45) is 1.42. The van der Waals surface area contributed by atoms with Crippen LogP contribution in [-0.2, 0) is 6.42 Å². The van der Waals surface area contributed by atoms with Crippen LogP contribution in [0.2, 0.25) is 0 Å². The van der Waals surface area contributed by atoms with E-state index in [0.717, 1.165) is 12.1 Å². The van der Waals surface area contributed by atoms with Crippen molar-refractivity contribution in [2.24, 2.45) is 0 Å². The number of aromatic amines is 1. The van der Waals surface area contributed by atoms with E-state index < -0.39 is 5.82 Å². The van der Waals surface area contributed by atoms with E-state index in [0.29, 0.717) is 29.8 Å². The number of carbonyl (C=O) groups excluding carboxylic acids is 1. The molecule has 0 saturated carbocycles. The third kappa shape index (κ3) is 4.33. The van der Waals surface area contributed by atoms with Crippen LogP contribution in [0.25, 0.3) is 11.3 Å². The predicted octanol–water partition coefficient (Wildman–Crippen LogP) is 4.06. The quantitative estimate of drug-likeness (QED) is 0.725. The van der Waals surface area contributed by atoms with Crippen LogP contribution in [0, 0.1) is 11.6 Å². The van der Waals surface area contributed by atoms with Crippen LogP contribution in [0.1, 0.15) is 22.5 Å². The minimum Gasteiger partial charge on any atom is -0.342 e. The van der Waals surface area contributed by atoms with E-state index in [1.165, 1.54) is 30.3 Å². The molecule has 0 bridgehead atoms. The molecular formula is C20H19F2N3O. The van der Waals surface area contributed by atoms with Crippen molar-refractivity contribution in [1.29, 1.82) is 0 Å². The van der Waals surface area contributed by atoms with Crippen molar-refractivity contribution in [2.75, 3.05) is 13.6 Å². The highest BCUT2D eigenvalue weighted by molar-refractivity contribution is 5.94. The largest absolute Gasteiger partial charge is 0.342 e. The van der Waals surface area contributed by atoms with Crippen molar-refractivity contribution in [3.8, 4) is 11.3 Å². The Balaban J connectivity index is 1.54. The maximum absolute atomic E-state index is 13.3. The molecule has 0 atom stereocenters.